The van der Waals surface area contributed by atoms with Crippen molar-refractivity contribution in [2.24, 2.45) is 0 Å². The van der Waals surface area contributed by atoms with Crippen LogP contribution in [0, 0.1) is 5.82 Å². The molecule has 188 valence electrons. The number of fused-ring (bicyclic) bond motifs is 1. The normalized spacial score (nSPS) is 15.5. The van der Waals surface area contributed by atoms with Crippen molar-refractivity contribution in [3.63, 3.8) is 0 Å². The summed E-state index contributed by atoms with van der Waals surface area (Å²) in [5.74, 6) is -1.46. The zero-order valence-electron chi connectivity index (χ0n) is 19.4. The summed E-state index contributed by atoms with van der Waals surface area (Å²) in [6, 6.07) is 13.6. The number of carbonyl (C=O) groups excluding carboxylic acids is 2. The maximum atomic E-state index is 15.2. The highest BCUT2D eigenvalue weighted by atomic mass is 19.4. The zero-order chi connectivity index (χ0) is 26.0. The lowest BCUT2D eigenvalue weighted by atomic mass is 9.95. The molecule has 1 aliphatic rings. The highest BCUT2D eigenvalue weighted by Gasteiger charge is 2.43. The first kappa shape index (κ1) is 25.0. The van der Waals surface area contributed by atoms with Gasteiger partial charge in [0.15, 0.2) is 0 Å². The maximum absolute atomic E-state index is 15.2. The molecule has 3 aromatic rings. The second-order valence-corrected chi connectivity index (χ2v) is 8.08. The Hall–Kier alpha value is -4.08. The Kier molecular flexibility index (Phi) is 6.87. The smallest absolute Gasteiger partial charge is 0.416 e. The topological polar surface area (TPSA) is 59.1 Å². The molecule has 0 bridgehead atoms. The first-order valence-electron chi connectivity index (χ1n) is 10.9. The van der Waals surface area contributed by atoms with E-state index in [0.717, 1.165) is 35.1 Å². The van der Waals surface area contributed by atoms with Crippen molar-refractivity contribution in [3.05, 3.63) is 89.2 Å². The molecule has 1 heterocycles. The van der Waals surface area contributed by atoms with Crippen molar-refractivity contribution in [1.82, 2.24) is 0 Å². The number of alkyl halides is 3. The molecule has 0 fully saturated rings. The third-order valence-corrected chi connectivity index (χ3v) is 5.93. The summed E-state index contributed by atoms with van der Waals surface area (Å²) in [4.78, 5) is 28.5. The molecule has 10 heteroatoms. The number of hydrogen-bond donors (Lipinski definition) is 0. The van der Waals surface area contributed by atoms with E-state index in [4.69, 9.17) is 9.47 Å². The van der Waals surface area contributed by atoms with Gasteiger partial charge in [-0.25, -0.2) is 9.18 Å². The summed E-state index contributed by atoms with van der Waals surface area (Å²) >= 11 is 0. The molecule has 0 unspecified atom stereocenters. The van der Waals surface area contributed by atoms with Gasteiger partial charge in [-0.15, -0.1) is 0 Å². The molecule has 1 atom stereocenters. The number of amides is 2. The molecule has 0 aromatic heterocycles. The highest BCUT2D eigenvalue weighted by Crippen LogP contribution is 2.47. The molecular formula is C26H22F4N2O4. The molecule has 4 rings (SSSR count). The van der Waals surface area contributed by atoms with Crippen LogP contribution in [0.5, 0.6) is 5.75 Å². The van der Waals surface area contributed by atoms with Crippen molar-refractivity contribution < 1.29 is 36.6 Å². The number of urea groups is 1. The third-order valence-electron chi connectivity index (χ3n) is 5.93. The average molecular weight is 502 g/mol. The summed E-state index contributed by atoms with van der Waals surface area (Å²) in [7, 11) is 2.40. The van der Waals surface area contributed by atoms with Gasteiger partial charge >= 0.3 is 18.2 Å². The van der Waals surface area contributed by atoms with Crippen molar-refractivity contribution in [3.8, 4) is 5.75 Å². The number of anilines is 2. The van der Waals surface area contributed by atoms with Gasteiger partial charge in [-0.05, 0) is 29.8 Å². The molecule has 0 aliphatic carbocycles. The standard InChI is InChI=1S/C26H22F4N2O4/c1-35-22-12-11-17(26(28,29)30)13-21(22)32-20(14-23(33)36-2)18-9-6-10-19(27)24(18)31(25(32)34)15-16-7-4-3-5-8-16/h3-13,20H,14-15H2,1-2H3/t20-/m0/s1. The van der Waals surface area contributed by atoms with Crippen LogP contribution in [0.1, 0.15) is 29.2 Å². The maximum Gasteiger partial charge on any atom is 0.416 e. The van der Waals surface area contributed by atoms with Gasteiger partial charge in [-0.2, -0.15) is 13.2 Å². The Morgan fingerprint density at radius 3 is 2.36 bits per heavy atom. The number of ether oxygens (including phenoxy) is 2. The SMILES string of the molecule is COC(=O)C[C@H]1c2cccc(F)c2N(Cc2ccccc2)C(=O)N1c1cc(C(F)(F)F)ccc1OC. The van der Waals surface area contributed by atoms with Crippen LogP contribution < -0.4 is 14.5 Å². The fourth-order valence-corrected chi connectivity index (χ4v) is 4.26. The Morgan fingerprint density at radius 2 is 1.72 bits per heavy atom. The number of rotatable bonds is 6. The van der Waals surface area contributed by atoms with E-state index in [1.807, 2.05) is 0 Å². The Morgan fingerprint density at radius 1 is 1.00 bits per heavy atom. The van der Waals surface area contributed by atoms with E-state index >= 15 is 4.39 Å². The van der Waals surface area contributed by atoms with Crippen LogP contribution in [-0.2, 0) is 22.3 Å². The second-order valence-electron chi connectivity index (χ2n) is 8.08. The van der Waals surface area contributed by atoms with Gasteiger partial charge in [-0.1, -0.05) is 42.5 Å². The van der Waals surface area contributed by atoms with Gasteiger partial charge in [0.2, 0.25) is 0 Å². The largest absolute Gasteiger partial charge is 0.495 e. The van der Waals surface area contributed by atoms with Gasteiger partial charge in [0.1, 0.15) is 11.6 Å². The highest BCUT2D eigenvalue weighted by molar-refractivity contribution is 6.08. The third kappa shape index (κ3) is 4.71. The summed E-state index contributed by atoms with van der Waals surface area (Å²) in [6.45, 7) is -0.0592. The van der Waals surface area contributed by atoms with Crippen LogP contribution in [0.2, 0.25) is 0 Å². The Bertz CT molecular complexity index is 1280. The molecule has 1 aliphatic heterocycles. The number of methoxy groups -OCH3 is 2. The first-order valence-corrected chi connectivity index (χ1v) is 10.9. The van der Waals surface area contributed by atoms with Crippen LogP contribution in [0.15, 0.2) is 66.7 Å². The molecule has 6 nitrogen and oxygen atoms in total. The minimum Gasteiger partial charge on any atom is -0.495 e. The van der Waals surface area contributed by atoms with E-state index in [0.29, 0.717) is 5.56 Å². The number of nitrogens with zero attached hydrogens (tertiary/aromatic N) is 2. The molecule has 2 amide bonds. The van der Waals surface area contributed by atoms with Crippen LogP contribution >= 0.6 is 0 Å². The van der Waals surface area contributed by atoms with Crippen LogP contribution in [0.3, 0.4) is 0 Å². The Balaban J connectivity index is 1.95. The van der Waals surface area contributed by atoms with Gasteiger partial charge in [0.25, 0.3) is 0 Å². The number of halogens is 4. The summed E-state index contributed by atoms with van der Waals surface area (Å²) < 4.78 is 66.1. The molecular weight excluding hydrogens is 480 g/mol. The number of para-hydroxylation sites is 1. The lowest BCUT2D eigenvalue weighted by Crippen LogP contribution is -2.50. The van der Waals surface area contributed by atoms with E-state index in [2.05, 4.69) is 0 Å². The first-order chi connectivity index (χ1) is 17.2. The predicted octanol–water partition coefficient (Wildman–Crippen LogP) is 6.10. The van der Waals surface area contributed by atoms with Gasteiger partial charge in [-0.3, -0.25) is 14.6 Å². The van der Waals surface area contributed by atoms with E-state index in [1.54, 1.807) is 30.3 Å². The molecule has 0 saturated carbocycles. The lowest BCUT2D eigenvalue weighted by Gasteiger charge is -2.43. The van der Waals surface area contributed by atoms with Gasteiger partial charge < -0.3 is 9.47 Å². The monoisotopic (exact) mass is 502 g/mol. The van der Waals surface area contributed by atoms with E-state index < -0.39 is 42.0 Å². The second kappa shape index (κ2) is 9.88. The van der Waals surface area contributed by atoms with E-state index in [9.17, 15) is 22.8 Å². The van der Waals surface area contributed by atoms with Crippen LogP contribution in [0.25, 0.3) is 0 Å². The minimum absolute atomic E-state index is 0.0225. The fourth-order valence-electron chi connectivity index (χ4n) is 4.26. The van der Waals surface area contributed by atoms with Gasteiger partial charge in [0, 0.05) is 5.56 Å². The van der Waals surface area contributed by atoms with Crippen molar-refractivity contribution >= 4 is 23.4 Å². The molecule has 3 aromatic carbocycles. The van der Waals surface area contributed by atoms with Crippen LogP contribution in [0.4, 0.5) is 33.7 Å². The zero-order valence-corrected chi connectivity index (χ0v) is 19.4. The summed E-state index contributed by atoms with van der Waals surface area (Å²) in [5.41, 5.74) is -0.359. The van der Waals surface area contributed by atoms with Crippen molar-refractivity contribution in [2.45, 2.75) is 25.2 Å². The fraction of sp³-hybridized carbons (Fsp3) is 0.231. The summed E-state index contributed by atoms with van der Waals surface area (Å²) in [5, 5.41) is 0. The molecule has 0 spiro atoms. The number of carbonyl (C=O) groups is 2. The number of hydrogen-bond acceptors (Lipinski definition) is 4. The minimum atomic E-state index is -4.70. The van der Waals surface area contributed by atoms with Crippen molar-refractivity contribution in [1.29, 1.82) is 0 Å². The molecule has 0 N–H and O–H groups in total. The number of benzene rings is 3. The lowest BCUT2D eigenvalue weighted by molar-refractivity contribution is -0.141. The van der Waals surface area contributed by atoms with Crippen LogP contribution in [-0.4, -0.2) is 26.2 Å². The summed E-state index contributed by atoms with van der Waals surface area (Å²) in [6.07, 6.45) is -5.12. The molecule has 36 heavy (non-hydrogen) atoms. The molecule has 0 radical (unpaired) electrons. The quantitative estimate of drug-likeness (QED) is 0.302. The average Bonchev–Trinajstić information content (AvgIpc) is 2.86. The number of esters is 1. The van der Waals surface area contributed by atoms with Crippen molar-refractivity contribution in [2.75, 3.05) is 24.0 Å². The Labute approximate surface area is 204 Å². The van der Waals surface area contributed by atoms with Gasteiger partial charge in [0.05, 0.1) is 50.2 Å². The van der Waals surface area contributed by atoms with E-state index in [1.165, 1.54) is 25.3 Å². The molecule has 0 saturated heterocycles. The predicted molar refractivity (Wildman–Crippen MR) is 124 cm³/mol. The van der Waals surface area contributed by atoms with E-state index in [-0.39, 0.29) is 29.2 Å².